The van der Waals surface area contributed by atoms with Gasteiger partial charge in [-0.3, -0.25) is 23.9 Å². The summed E-state index contributed by atoms with van der Waals surface area (Å²) >= 11 is 0. The quantitative estimate of drug-likeness (QED) is 0.308. The van der Waals surface area contributed by atoms with Crippen LogP contribution in [0, 0.1) is 5.41 Å². The van der Waals surface area contributed by atoms with Gasteiger partial charge in [0.1, 0.15) is 18.0 Å². The standard InChI is InChI=1S/C34H32N4O3/c1-6-33(4,5)34-19-28-29-35-26-17-16-23(22-12-8-7-9-13-22)18-24(26)31(41)36(29)20(2)30(40)38(28)32(34)37(21(3)39)27-15-11-10-14-25(27)34/h6-18,20,28,32H,1,19H2,2-5H3/t20-,28+,32+,34-/m1/s1. The molecular weight excluding hydrogens is 512 g/mol. The highest BCUT2D eigenvalue weighted by atomic mass is 16.2. The van der Waals surface area contributed by atoms with Crippen molar-refractivity contribution in [3.8, 4) is 11.1 Å². The first kappa shape index (κ1) is 25.4. The van der Waals surface area contributed by atoms with Crippen LogP contribution in [0.15, 0.2) is 90.2 Å². The second kappa shape index (κ2) is 8.49. The number of allylic oxidation sites excluding steroid dienone is 1. The summed E-state index contributed by atoms with van der Waals surface area (Å²) in [7, 11) is 0. The summed E-state index contributed by atoms with van der Waals surface area (Å²) in [5, 5.41) is 0.484. The predicted molar refractivity (Wildman–Crippen MR) is 159 cm³/mol. The molecule has 41 heavy (non-hydrogen) atoms. The van der Waals surface area contributed by atoms with Crippen LogP contribution >= 0.6 is 0 Å². The van der Waals surface area contributed by atoms with Gasteiger partial charge in [0.05, 0.1) is 16.9 Å². The van der Waals surface area contributed by atoms with Crippen molar-refractivity contribution in [1.82, 2.24) is 14.5 Å². The number of hydrogen-bond donors (Lipinski definition) is 0. The smallest absolute Gasteiger partial charge is 0.262 e. The Hall–Kier alpha value is -4.52. The number of fused-ring (bicyclic) bond motifs is 8. The first-order valence-corrected chi connectivity index (χ1v) is 14.1. The highest BCUT2D eigenvalue weighted by Gasteiger charge is 2.69. The summed E-state index contributed by atoms with van der Waals surface area (Å²) < 4.78 is 1.58. The van der Waals surface area contributed by atoms with Gasteiger partial charge in [-0.1, -0.05) is 74.5 Å². The monoisotopic (exact) mass is 544 g/mol. The van der Waals surface area contributed by atoms with E-state index in [1.807, 2.05) is 77.7 Å². The van der Waals surface area contributed by atoms with Gasteiger partial charge >= 0.3 is 0 Å². The molecule has 206 valence electrons. The number of rotatable bonds is 3. The minimum Gasteiger partial charge on any atom is -0.309 e. The SMILES string of the molecule is C=CC(C)(C)[C@@]12C[C@H]3c4nc5ccc(-c6ccccc6)cc5c(=O)n4[C@H](C)C(=O)N3[C@@H]1N(C(C)=O)c1ccccc12. The third kappa shape index (κ3) is 3.14. The Morgan fingerprint density at radius 1 is 1.02 bits per heavy atom. The first-order valence-electron chi connectivity index (χ1n) is 14.1. The van der Waals surface area contributed by atoms with Crippen molar-refractivity contribution in [2.24, 2.45) is 5.41 Å². The molecule has 4 atom stereocenters. The zero-order chi connectivity index (χ0) is 28.8. The fourth-order valence-corrected chi connectivity index (χ4v) is 7.62. The average Bonchev–Trinajstić information content (AvgIpc) is 3.48. The number of anilines is 1. The van der Waals surface area contributed by atoms with Gasteiger partial charge < -0.3 is 4.90 Å². The lowest BCUT2D eigenvalue weighted by Crippen LogP contribution is -2.59. The molecule has 1 saturated heterocycles. The van der Waals surface area contributed by atoms with E-state index in [-0.39, 0.29) is 17.4 Å². The van der Waals surface area contributed by atoms with Crippen molar-refractivity contribution in [1.29, 1.82) is 0 Å². The van der Waals surface area contributed by atoms with Crippen molar-refractivity contribution in [2.75, 3.05) is 4.90 Å². The molecular formula is C34H32N4O3. The molecule has 3 aromatic carbocycles. The van der Waals surface area contributed by atoms with Crippen molar-refractivity contribution in [2.45, 2.75) is 57.8 Å². The van der Waals surface area contributed by atoms with Gasteiger partial charge in [-0.15, -0.1) is 6.58 Å². The molecule has 7 rings (SSSR count). The lowest BCUT2D eigenvalue weighted by atomic mass is 9.60. The first-order chi connectivity index (χ1) is 19.6. The van der Waals surface area contributed by atoms with Crippen LogP contribution in [0.3, 0.4) is 0 Å². The molecule has 0 radical (unpaired) electrons. The number of carbonyl (C=O) groups excluding carboxylic acids is 2. The lowest BCUT2D eigenvalue weighted by Gasteiger charge is -2.46. The van der Waals surface area contributed by atoms with Crippen LogP contribution in [0.5, 0.6) is 0 Å². The van der Waals surface area contributed by atoms with Crippen molar-refractivity contribution < 1.29 is 9.59 Å². The highest BCUT2D eigenvalue weighted by Crippen LogP contribution is 2.65. The van der Waals surface area contributed by atoms with Crippen LogP contribution in [-0.2, 0) is 15.0 Å². The summed E-state index contributed by atoms with van der Waals surface area (Å²) in [4.78, 5) is 50.4. The Labute approximate surface area is 238 Å². The van der Waals surface area contributed by atoms with Crippen molar-refractivity contribution >= 4 is 28.4 Å². The normalized spacial score (nSPS) is 24.6. The summed E-state index contributed by atoms with van der Waals surface area (Å²) in [6.07, 6.45) is 1.88. The van der Waals surface area contributed by atoms with Crippen LogP contribution in [0.25, 0.3) is 22.0 Å². The molecule has 1 aromatic heterocycles. The van der Waals surface area contributed by atoms with E-state index >= 15 is 0 Å². The van der Waals surface area contributed by atoms with E-state index in [2.05, 4.69) is 26.5 Å². The summed E-state index contributed by atoms with van der Waals surface area (Å²) in [5.74, 6) is 0.251. The van der Waals surface area contributed by atoms with E-state index in [1.165, 1.54) is 0 Å². The van der Waals surface area contributed by atoms with E-state index in [0.29, 0.717) is 23.1 Å². The predicted octanol–water partition coefficient (Wildman–Crippen LogP) is 5.75. The van der Waals surface area contributed by atoms with E-state index < -0.39 is 29.1 Å². The fraction of sp³-hybridized carbons (Fsp3) is 0.294. The maximum atomic E-state index is 14.3. The molecule has 7 heteroatoms. The van der Waals surface area contributed by atoms with Crippen molar-refractivity contribution in [3.63, 3.8) is 0 Å². The largest absolute Gasteiger partial charge is 0.309 e. The Morgan fingerprint density at radius 2 is 1.73 bits per heavy atom. The molecule has 0 aliphatic carbocycles. The Bertz CT molecular complexity index is 1840. The molecule has 0 N–H and O–H groups in total. The molecule has 4 aromatic rings. The molecule has 7 nitrogen and oxygen atoms in total. The van der Waals surface area contributed by atoms with Crippen LogP contribution in [0.1, 0.15) is 57.6 Å². The van der Waals surface area contributed by atoms with E-state index in [9.17, 15) is 14.4 Å². The second-order valence-electron chi connectivity index (χ2n) is 12.1. The topological polar surface area (TPSA) is 75.5 Å². The van der Waals surface area contributed by atoms with Crippen molar-refractivity contribution in [3.05, 3.63) is 107 Å². The second-order valence-corrected chi connectivity index (χ2v) is 12.1. The summed E-state index contributed by atoms with van der Waals surface area (Å²) in [5.41, 5.74) is 3.00. The third-order valence-electron chi connectivity index (χ3n) is 9.78. The number of amides is 2. The highest BCUT2D eigenvalue weighted by molar-refractivity contribution is 5.98. The van der Waals surface area contributed by atoms with Gasteiger partial charge in [0.25, 0.3) is 5.56 Å². The van der Waals surface area contributed by atoms with Crippen LogP contribution in [0.2, 0.25) is 0 Å². The number of hydrogen-bond acceptors (Lipinski definition) is 4. The average molecular weight is 545 g/mol. The maximum absolute atomic E-state index is 14.3. The van der Waals surface area contributed by atoms with Crippen LogP contribution < -0.4 is 10.5 Å². The van der Waals surface area contributed by atoms with Crippen LogP contribution in [-0.4, -0.2) is 32.4 Å². The third-order valence-corrected chi connectivity index (χ3v) is 9.78. The van der Waals surface area contributed by atoms with Gasteiger partial charge in [-0.05, 0) is 53.6 Å². The van der Waals surface area contributed by atoms with Gasteiger partial charge in [0.15, 0.2) is 0 Å². The Morgan fingerprint density at radius 3 is 2.44 bits per heavy atom. The number of aromatic nitrogens is 2. The molecule has 0 saturated carbocycles. The zero-order valence-electron chi connectivity index (χ0n) is 23.7. The number of para-hydroxylation sites is 1. The van der Waals surface area contributed by atoms with E-state index in [1.54, 1.807) is 23.3 Å². The molecule has 2 amide bonds. The fourth-order valence-electron chi connectivity index (χ4n) is 7.62. The van der Waals surface area contributed by atoms with Gasteiger partial charge in [-0.25, -0.2) is 4.98 Å². The minimum atomic E-state index is -0.772. The summed E-state index contributed by atoms with van der Waals surface area (Å²) in [6, 6.07) is 22.3. The van der Waals surface area contributed by atoms with E-state index in [4.69, 9.17) is 4.98 Å². The van der Waals surface area contributed by atoms with Gasteiger partial charge in [-0.2, -0.15) is 0 Å². The summed E-state index contributed by atoms with van der Waals surface area (Å²) in [6.45, 7) is 11.7. The van der Waals surface area contributed by atoms with E-state index in [0.717, 1.165) is 22.4 Å². The number of nitrogens with zero attached hydrogens (tertiary/aromatic N) is 4. The lowest BCUT2D eigenvalue weighted by molar-refractivity contribution is -0.141. The molecule has 3 aliphatic rings. The maximum Gasteiger partial charge on any atom is 0.262 e. The molecule has 0 bridgehead atoms. The number of carbonyl (C=O) groups is 2. The molecule has 3 aliphatic heterocycles. The number of benzene rings is 3. The molecule has 4 heterocycles. The molecule has 0 unspecified atom stereocenters. The minimum absolute atomic E-state index is 0.131. The van der Waals surface area contributed by atoms with Crippen LogP contribution in [0.4, 0.5) is 5.69 Å². The van der Waals surface area contributed by atoms with Gasteiger partial charge in [0.2, 0.25) is 11.8 Å². The molecule has 1 fully saturated rings. The molecule has 0 spiro atoms. The van der Waals surface area contributed by atoms with Gasteiger partial charge in [0, 0.05) is 18.0 Å². The Balaban J connectivity index is 1.48. The zero-order valence-corrected chi connectivity index (χ0v) is 23.7. The Kier molecular flexibility index (Phi) is 5.27.